The Labute approximate surface area is 191 Å². The molecule has 0 radical (unpaired) electrons. The van der Waals surface area contributed by atoms with Gasteiger partial charge >= 0.3 is 0 Å². The molecule has 33 heavy (non-hydrogen) atoms. The maximum absolute atomic E-state index is 12.4. The molecule has 0 spiro atoms. The third kappa shape index (κ3) is 3.43. The number of hydrogen-bond acceptors (Lipinski definition) is 5. The fourth-order valence-corrected chi connectivity index (χ4v) is 4.87. The number of rotatable bonds is 7. The van der Waals surface area contributed by atoms with E-state index in [0.29, 0.717) is 36.0 Å². The number of para-hydroxylation sites is 1. The number of H-pyrrole nitrogens is 1. The molecular formula is C25H26N4O4. The van der Waals surface area contributed by atoms with E-state index in [0.717, 1.165) is 34.0 Å². The lowest BCUT2D eigenvalue weighted by molar-refractivity contribution is 0.0994. The summed E-state index contributed by atoms with van der Waals surface area (Å²) in [6.07, 6.45) is 3.23. The van der Waals surface area contributed by atoms with Crippen LogP contribution in [0.5, 0.6) is 11.5 Å². The number of nitrogens with two attached hydrogens (primary N) is 1. The molecular weight excluding hydrogens is 420 g/mol. The number of nitrogens with one attached hydrogen (secondary N) is 1. The van der Waals surface area contributed by atoms with Gasteiger partial charge in [-0.25, -0.2) is 4.98 Å². The van der Waals surface area contributed by atoms with E-state index in [1.807, 2.05) is 47.2 Å². The van der Waals surface area contributed by atoms with E-state index < -0.39 is 5.91 Å². The van der Waals surface area contributed by atoms with Crippen molar-refractivity contribution >= 4 is 16.8 Å². The molecule has 1 aliphatic rings. The Balaban J connectivity index is 1.63. The predicted octanol–water partition coefficient (Wildman–Crippen LogP) is 3.02. The van der Waals surface area contributed by atoms with Gasteiger partial charge in [0.1, 0.15) is 11.5 Å². The molecule has 0 bridgehead atoms. The summed E-state index contributed by atoms with van der Waals surface area (Å²) in [5.74, 6) is 0.950. The zero-order valence-electron chi connectivity index (χ0n) is 18.6. The second-order valence-electron chi connectivity index (χ2n) is 8.24. The van der Waals surface area contributed by atoms with Gasteiger partial charge in [-0.15, -0.1) is 0 Å². The Kier molecular flexibility index (Phi) is 5.30. The smallest absolute Gasteiger partial charge is 0.269 e. The number of nitrogens with zero attached hydrogens (tertiary/aromatic N) is 2. The average Bonchev–Trinajstić information content (AvgIpc) is 3.43. The number of hydrogen-bond donors (Lipinski definition) is 3. The van der Waals surface area contributed by atoms with Crippen LogP contribution in [0.1, 0.15) is 33.2 Å². The van der Waals surface area contributed by atoms with E-state index in [4.69, 9.17) is 15.2 Å². The topological polar surface area (TPSA) is 115 Å². The van der Waals surface area contributed by atoms with Crippen LogP contribution in [0.3, 0.4) is 0 Å². The lowest BCUT2D eigenvalue weighted by Crippen LogP contribution is -2.22. The van der Waals surface area contributed by atoms with Gasteiger partial charge in [-0.05, 0) is 42.2 Å². The van der Waals surface area contributed by atoms with Crippen molar-refractivity contribution in [1.29, 1.82) is 0 Å². The number of aliphatic hydroxyl groups excluding tert-OH is 1. The standard InChI is InChI=1S/C25H26N4O4/c1-32-20-10-14-7-8-29-23(22(24(26)31)28-25(29)18(14)11-21(20)33-2)16(13-30)9-15-12-27-19-6-4-3-5-17(15)19/h3-6,10-12,16,27,30H,7-9,13H2,1-2H3,(H2,26,31)/t16-/m0/s1. The van der Waals surface area contributed by atoms with Crippen molar-refractivity contribution < 1.29 is 19.4 Å². The van der Waals surface area contributed by atoms with E-state index >= 15 is 0 Å². The summed E-state index contributed by atoms with van der Waals surface area (Å²) in [5, 5.41) is 11.5. The maximum atomic E-state index is 12.4. The van der Waals surface area contributed by atoms with E-state index in [9.17, 15) is 9.90 Å². The molecule has 4 N–H and O–H groups in total. The van der Waals surface area contributed by atoms with Gasteiger partial charge in [-0.2, -0.15) is 0 Å². The summed E-state index contributed by atoms with van der Waals surface area (Å²) in [4.78, 5) is 20.4. The number of carbonyl (C=O) groups excluding carboxylic acids is 1. The summed E-state index contributed by atoms with van der Waals surface area (Å²) in [6, 6.07) is 11.9. The number of aryl methyl sites for hydroxylation is 1. The Bertz CT molecular complexity index is 1350. The van der Waals surface area contributed by atoms with Crippen molar-refractivity contribution in [2.45, 2.75) is 25.3 Å². The highest BCUT2D eigenvalue weighted by Gasteiger charge is 2.31. The minimum atomic E-state index is -0.605. The van der Waals surface area contributed by atoms with Gasteiger partial charge in [0.05, 0.1) is 26.5 Å². The number of benzene rings is 2. The number of carbonyl (C=O) groups is 1. The van der Waals surface area contributed by atoms with Gasteiger partial charge in [0.2, 0.25) is 0 Å². The second kappa shape index (κ2) is 8.29. The van der Waals surface area contributed by atoms with E-state index in [1.165, 1.54) is 0 Å². The first-order valence-electron chi connectivity index (χ1n) is 10.9. The normalized spacial score (nSPS) is 13.4. The number of methoxy groups -OCH3 is 2. The summed E-state index contributed by atoms with van der Waals surface area (Å²) in [5.41, 5.74) is 10.7. The molecule has 170 valence electrons. The van der Waals surface area contributed by atoms with Gasteiger partial charge < -0.3 is 29.9 Å². The molecule has 2 aromatic carbocycles. The molecule has 0 fully saturated rings. The molecule has 8 heteroatoms. The second-order valence-corrected chi connectivity index (χ2v) is 8.24. The Morgan fingerprint density at radius 1 is 1.24 bits per heavy atom. The molecule has 8 nitrogen and oxygen atoms in total. The SMILES string of the molecule is COc1cc2c(cc1OC)-c1nc(C(N)=O)c([C@H](CO)Cc3c[nH]c4ccccc34)n1CC2. The molecule has 2 aromatic heterocycles. The van der Waals surface area contributed by atoms with E-state index in [2.05, 4.69) is 9.97 Å². The van der Waals surface area contributed by atoms with Crippen molar-refractivity contribution in [2.24, 2.45) is 5.73 Å². The van der Waals surface area contributed by atoms with Crippen LogP contribution in [0, 0.1) is 0 Å². The number of aromatic amines is 1. The first-order valence-corrected chi connectivity index (χ1v) is 10.9. The summed E-state index contributed by atoms with van der Waals surface area (Å²) in [6.45, 7) is 0.488. The Morgan fingerprint density at radius 2 is 2.00 bits per heavy atom. The van der Waals surface area contributed by atoms with Gasteiger partial charge in [-0.3, -0.25) is 4.79 Å². The summed E-state index contributed by atoms with van der Waals surface area (Å²) >= 11 is 0. The predicted molar refractivity (Wildman–Crippen MR) is 125 cm³/mol. The Hall–Kier alpha value is -3.78. The quantitative estimate of drug-likeness (QED) is 0.404. The molecule has 1 amide bonds. The number of aromatic nitrogens is 3. The highest BCUT2D eigenvalue weighted by molar-refractivity contribution is 5.93. The fraction of sp³-hybridized carbons (Fsp3) is 0.280. The molecule has 5 rings (SSSR count). The Morgan fingerprint density at radius 3 is 2.73 bits per heavy atom. The number of aliphatic hydroxyl groups is 1. The number of primary amides is 1. The molecule has 0 saturated heterocycles. The molecule has 0 unspecified atom stereocenters. The zero-order valence-corrected chi connectivity index (χ0v) is 18.6. The lowest BCUT2D eigenvalue weighted by Gasteiger charge is -2.24. The highest BCUT2D eigenvalue weighted by Crippen LogP contribution is 2.40. The minimum absolute atomic E-state index is 0.135. The summed E-state index contributed by atoms with van der Waals surface area (Å²) in [7, 11) is 3.19. The van der Waals surface area contributed by atoms with Crippen LogP contribution in [-0.2, 0) is 19.4 Å². The van der Waals surface area contributed by atoms with Crippen molar-refractivity contribution in [3.05, 3.63) is 65.1 Å². The van der Waals surface area contributed by atoms with E-state index in [1.54, 1.807) is 14.2 Å². The number of fused-ring (bicyclic) bond motifs is 4. The number of amides is 1. The zero-order chi connectivity index (χ0) is 23.1. The molecule has 1 aliphatic heterocycles. The summed E-state index contributed by atoms with van der Waals surface area (Å²) < 4.78 is 12.9. The molecule has 3 heterocycles. The molecule has 1 atom stereocenters. The minimum Gasteiger partial charge on any atom is -0.493 e. The molecule has 0 aliphatic carbocycles. The largest absolute Gasteiger partial charge is 0.493 e. The monoisotopic (exact) mass is 446 g/mol. The van der Waals surface area contributed by atoms with Crippen LogP contribution in [-0.4, -0.2) is 46.4 Å². The van der Waals surface area contributed by atoms with Crippen LogP contribution in [0.15, 0.2) is 42.6 Å². The van der Waals surface area contributed by atoms with Gasteiger partial charge in [0.15, 0.2) is 11.5 Å². The third-order valence-electron chi connectivity index (χ3n) is 6.44. The third-order valence-corrected chi connectivity index (χ3v) is 6.44. The highest BCUT2D eigenvalue weighted by atomic mass is 16.5. The van der Waals surface area contributed by atoms with Gasteiger partial charge in [0, 0.05) is 35.1 Å². The van der Waals surface area contributed by atoms with Crippen molar-refractivity contribution in [1.82, 2.24) is 14.5 Å². The van der Waals surface area contributed by atoms with Crippen molar-refractivity contribution in [3.8, 4) is 22.9 Å². The number of ether oxygens (including phenoxy) is 2. The van der Waals surface area contributed by atoms with Crippen LogP contribution in [0.4, 0.5) is 0 Å². The van der Waals surface area contributed by atoms with Crippen LogP contribution < -0.4 is 15.2 Å². The van der Waals surface area contributed by atoms with Gasteiger partial charge in [0.25, 0.3) is 5.91 Å². The maximum Gasteiger partial charge on any atom is 0.269 e. The lowest BCUT2D eigenvalue weighted by atomic mass is 9.94. The van der Waals surface area contributed by atoms with Crippen LogP contribution >= 0.6 is 0 Å². The fourth-order valence-electron chi connectivity index (χ4n) is 4.87. The van der Waals surface area contributed by atoms with Crippen molar-refractivity contribution in [2.75, 3.05) is 20.8 Å². The number of imidazole rings is 1. The van der Waals surface area contributed by atoms with Gasteiger partial charge in [-0.1, -0.05) is 18.2 Å². The first kappa shape index (κ1) is 21.1. The molecule has 4 aromatic rings. The van der Waals surface area contributed by atoms with Crippen molar-refractivity contribution in [3.63, 3.8) is 0 Å². The average molecular weight is 447 g/mol. The van der Waals surface area contributed by atoms with E-state index in [-0.39, 0.29) is 18.2 Å². The van der Waals surface area contributed by atoms with Crippen LogP contribution in [0.25, 0.3) is 22.3 Å². The molecule has 0 saturated carbocycles. The first-order chi connectivity index (χ1) is 16.0. The van der Waals surface area contributed by atoms with Crippen LogP contribution in [0.2, 0.25) is 0 Å².